The Hall–Kier alpha value is -1.77. The normalized spacial score (nSPS) is 11.3. The van der Waals surface area contributed by atoms with E-state index >= 15 is 0 Å². The topological polar surface area (TPSA) is 85.5 Å². The van der Waals surface area contributed by atoms with Crippen molar-refractivity contribution in [3.63, 3.8) is 0 Å². The summed E-state index contributed by atoms with van der Waals surface area (Å²) in [6, 6.07) is 0.441. The number of halogens is 4. The second-order valence-electron chi connectivity index (χ2n) is 2.71. The van der Waals surface area contributed by atoms with Gasteiger partial charge in [-0.2, -0.15) is 0 Å². The maximum atomic E-state index is 11.9. The highest BCUT2D eigenvalue weighted by atomic mass is 35.5. The van der Waals surface area contributed by atoms with Gasteiger partial charge < -0.3 is 20.0 Å². The highest BCUT2D eigenvalue weighted by molar-refractivity contribution is 6.17. The Morgan fingerprint density at radius 1 is 1.59 bits per heavy atom. The Bertz CT molecular complexity index is 451. The molecule has 0 saturated carbocycles. The van der Waals surface area contributed by atoms with Crippen LogP contribution in [0.3, 0.4) is 0 Å². The minimum absolute atomic E-state index is 0.312. The van der Waals surface area contributed by atoms with Crippen molar-refractivity contribution in [2.24, 2.45) is 0 Å². The maximum Gasteiger partial charge on any atom is 0.573 e. The van der Waals surface area contributed by atoms with Crippen molar-refractivity contribution in [1.29, 1.82) is 0 Å². The molecule has 17 heavy (non-hydrogen) atoms. The summed E-state index contributed by atoms with van der Waals surface area (Å²) in [6.45, 7) is 0. The third-order valence-electron chi connectivity index (χ3n) is 1.55. The lowest BCUT2D eigenvalue weighted by molar-refractivity contribution is -0.393. The van der Waals surface area contributed by atoms with Crippen molar-refractivity contribution < 1.29 is 27.9 Å². The largest absolute Gasteiger partial charge is 0.573 e. The molecule has 0 aliphatic rings. The molecule has 6 nitrogen and oxygen atoms in total. The van der Waals surface area contributed by atoms with E-state index in [0.29, 0.717) is 6.07 Å². The van der Waals surface area contributed by atoms with Crippen molar-refractivity contribution >= 4 is 17.4 Å². The van der Waals surface area contributed by atoms with Gasteiger partial charge in [0, 0.05) is 6.07 Å². The molecule has 0 amide bonds. The Morgan fingerprint density at radius 2 is 2.18 bits per heavy atom. The van der Waals surface area contributed by atoms with Crippen molar-refractivity contribution in [2.45, 2.75) is 12.2 Å². The van der Waals surface area contributed by atoms with E-state index < -0.39 is 28.6 Å². The van der Waals surface area contributed by atoms with Crippen LogP contribution in [0.5, 0.6) is 11.5 Å². The first-order chi connectivity index (χ1) is 7.74. The van der Waals surface area contributed by atoms with Gasteiger partial charge in [-0.1, -0.05) is 0 Å². The van der Waals surface area contributed by atoms with Gasteiger partial charge in [0.25, 0.3) is 0 Å². The van der Waals surface area contributed by atoms with Crippen LogP contribution in [0, 0.1) is 10.1 Å². The SMILES string of the molecule is O=[N+]([O-])c1nc(CCl)c(O)cc1OC(F)(F)F. The molecule has 1 aromatic rings. The fourth-order valence-electron chi connectivity index (χ4n) is 0.941. The minimum atomic E-state index is -5.12. The molecule has 0 aromatic carbocycles. The van der Waals surface area contributed by atoms with Gasteiger partial charge in [-0.15, -0.1) is 24.8 Å². The Labute approximate surface area is 96.7 Å². The molecular weight excluding hydrogens is 269 g/mol. The lowest BCUT2D eigenvalue weighted by Gasteiger charge is -2.09. The van der Waals surface area contributed by atoms with Crippen molar-refractivity contribution in [3.05, 3.63) is 21.9 Å². The van der Waals surface area contributed by atoms with E-state index in [-0.39, 0.29) is 11.6 Å². The zero-order valence-electron chi connectivity index (χ0n) is 7.86. The molecule has 1 aromatic heterocycles. The average molecular weight is 273 g/mol. The van der Waals surface area contributed by atoms with E-state index in [4.69, 9.17) is 11.6 Å². The number of ether oxygens (including phenoxy) is 1. The molecule has 0 bridgehead atoms. The van der Waals surface area contributed by atoms with E-state index in [1.165, 1.54) is 0 Å². The molecule has 0 unspecified atom stereocenters. The summed E-state index contributed by atoms with van der Waals surface area (Å²) in [6.07, 6.45) is -5.12. The summed E-state index contributed by atoms with van der Waals surface area (Å²) in [7, 11) is 0. The second kappa shape index (κ2) is 4.62. The van der Waals surface area contributed by atoms with Crippen LogP contribution < -0.4 is 4.74 Å². The Balaban J connectivity index is 3.28. The number of pyridine rings is 1. The van der Waals surface area contributed by atoms with Crippen molar-refractivity contribution in [2.75, 3.05) is 0 Å². The number of aromatic nitrogens is 1. The minimum Gasteiger partial charge on any atom is -0.504 e. The predicted octanol–water partition coefficient (Wildman–Crippen LogP) is 2.33. The lowest BCUT2D eigenvalue weighted by atomic mass is 10.3. The van der Waals surface area contributed by atoms with E-state index in [0.717, 1.165) is 0 Å². The summed E-state index contributed by atoms with van der Waals surface area (Å²) >= 11 is 5.29. The van der Waals surface area contributed by atoms with Gasteiger partial charge in [0.05, 0.1) is 5.88 Å². The fraction of sp³-hybridized carbons (Fsp3) is 0.286. The van der Waals surface area contributed by atoms with Gasteiger partial charge >= 0.3 is 12.2 Å². The molecule has 0 aliphatic heterocycles. The first kappa shape index (κ1) is 13.3. The smallest absolute Gasteiger partial charge is 0.504 e. The first-order valence-electron chi connectivity index (χ1n) is 3.93. The molecule has 0 spiro atoms. The highest BCUT2D eigenvalue weighted by Crippen LogP contribution is 2.34. The van der Waals surface area contributed by atoms with Crippen LogP contribution >= 0.6 is 11.6 Å². The quantitative estimate of drug-likeness (QED) is 0.518. The molecule has 0 fully saturated rings. The fourth-order valence-corrected chi connectivity index (χ4v) is 1.14. The molecule has 0 saturated heterocycles. The standard InChI is InChI=1S/C7H4ClF3N2O4/c8-2-3-4(14)1-5(17-7(9,10)11)6(12-3)13(15)16/h1,14H,2H2. The van der Waals surface area contributed by atoms with Crippen LogP contribution in [0.25, 0.3) is 0 Å². The van der Waals surface area contributed by atoms with Gasteiger partial charge in [0.15, 0.2) is 5.75 Å². The zero-order valence-corrected chi connectivity index (χ0v) is 8.62. The van der Waals surface area contributed by atoms with Crippen LogP contribution in [-0.4, -0.2) is 21.4 Å². The third-order valence-corrected chi connectivity index (χ3v) is 1.80. The van der Waals surface area contributed by atoms with Gasteiger partial charge in [0.2, 0.25) is 11.4 Å². The molecule has 1 heterocycles. The predicted molar refractivity (Wildman–Crippen MR) is 48.8 cm³/mol. The molecule has 0 atom stereocenters. The van der Waals surface area contributed by atoms with Crippen LogP contribution in [0.4, 0.5) is 19.0 Å². The number of hydrogen-bond acceptors (Lipinski definition) is 5. The highest BCUT2D eigenvalue weighted by Gasteiger charge is 2.36. The zero-order chi connectivity index (χ0) is 13.2. The molecule has 0 aliphatic carbocycles. The number of alkyl halides is 4. The molecule has 1 rings (SSSR count). The summed E-state index contributed by atoms with van der Waals surface area (Å²) < 4.78 is 39.1. The van der Waals surface area contributed by atoms with E-state index in [1.54, 1.807) is 0 Å². The van der Waals surface area contributed by atoms with Crippen LogP contribution in [0.2, 0.25) is 0 Å². The summed E-state index contributed by atoms with van der Waals surface area (Å²) in [4.78, 5) is 12.5. The van der Waals surface area contributed by atoms with E-state index in [9.17, 15) is 28.4 Å². The molecule has 0 radical (unpaired) electrons. The van der Waals surface area contributed by atoms with Gasteiger partial charge in [-0.05, 0) is 9.91 Å². The lowest BCUT2D eigenvalue weighted by Crippen LogP contribution is -2.18. The summed E-state index contributed by atoms with van der Waals surface area (Å²) in [5.41, 5.74) is -0.312. The summed E-state index contributed by atoms with van der Waals surface area (Å²) in [5.74, 6) is -3.48. The molecule has 94 valence electrons. The summed E-state index contributed by atoms with van der Waals surface area (Å²) in [5, 5.41) is 19.6. The third kappa shape index (κ3) is 3.34. The monoisotopic (exact) mass is 272 g/mol. The number of nitro groups is 1. The number of rotatable bonds is 3. The van der Waals surface area contributed by atoms with Crippen molar-refractivity contribution in [3.8, 4) is 11.5 Å². The number of hydrogen-bond donors (Lipinski definition) is 1. The first-order valence-corrected chi connectivity index (χ1v) is 4.47. The van der Waals surface area contributed by atoms with E-state index in [1.807, 2.05) is 0 Å². The van der Waals surface area contributed by atoms with Gasteiger partial charge in [-0.25, -0.2) is 0 Å². The second-order valence-corrected chi connectivity index (χ2v) is 2.98. The average Bonchev–Trinajstić information content (AvgIpc) is 2.14. The van der Waals surface area contributed by atoms with Gasteiger partial charge in [-0.3, -0.25) is 0 Å². The van der Waals surface area contributed by atoms with Gasteiger partial charge in [0.1, 0.15) is 0 Å². The molecule has 10 heteroatoms. The van der Waals surface area contributed by atoms with Crippen molar-refractivity contribution in [1.82, 2.24) is 4.98 Å². The maximum absolute atomic E-state index is 11.9. The van der Waals surface area contributed by atoms with Crippen LogP contribution in [0.15, 0.2) is 6.07 Å². The number of nitrogens with zero attached hydrogens (tertiary/aromatic N) is 2. The Kier molecular flexibility index (Phi) is 3.61. The molecular formula is C7H4ClF3N2O4. The molecule has 1 N–H and O–H groups in total. The number of aromatic hydroxyl groups is 1. The van der Waals surface area contributed by atoms with E-state index in [2.05, 4.69) is 9.72 Å². The van der Waals surface area contributed by atoms with Crippen LogP contribution in [-0.2, 0) is 5.88 Å². The Morgan fingerprint density at radius 3 is 2.59 bits per heavy atom. The van der Waals surface area contributed by atoms with Crippen LogP contribution in [0.1, 0.15) is 5.69 Å².